The molecular formula is C41H59N7O6. The summed E-state index contributed by atoms with van der Waals surface area (Å²) in [5, 5.41) is 11.3. The number of nitrogens with zero attached hydrogens (tertiary/aromatic N) is 1. The fraction of sp³-hybridized carbons (Fsp3) is 0.561. The minimum absolute atomic E-state index is 0.0713. The molecule has 2 aliphatic rings. The van der Waals surface area contributed by atoms with Crippen molar-refractivity contribution in [2.75, 3.05) is 19.6 Å². The predicted molar refractivity (Wildman–Crippen MR) is 207 cm³/mol. The van der Waals surface area contributed by atoms with Gasteiger partial charge in [-0.15, -0.1) is 0 Å². The topological polar surface area (TPSA) is 206 Å². The van der Waals surface area contributed by atoms with E-state index in [0.29, 0.717) is 64.6 Å². The Hall–Kier alpha value is -4.62. The van der Waals surface area contributed by atoms with Crippen molar-refractivity contribution in [1.29, 1.82) is 0 Å². The number of piperidine rings is 1. The Bertz CT molecular complexity index is 1540. The van der Waals surface area contributed by atoms with Crippen molar-refractivity contribution >= 4 is 35.3 Å². The van der Waals surface area contributed by atoms with E-state index in [4.69, 9.17) is 11.5 Å². The normalized spacial score (nSPS) is 16.8. The van der Waals surface area contributed by atoms with Gasteiger partial charge >= 0.3 is 11.8 Å². The Morgan fingerprint density at radius 2 is 1.26 bits per heavy atom. The van der Waals surface area contributed by atoms with Gasteiger partial charge in [0.05, 0.1) is 12.1 Å². The number of benzene rings is 2. The fourth-order valence-electron chi connectivity index (χ4n) is 6.81. The van der Waals surface area contributed by atoms with E-state index < -0.39 is 47.7 Å². The molecule has 2 fully saturated rings. The highest BCUT2D eigenvalue weighted by atomic mass is 16.2. The third-order valence-corrected chi connectivity index (χ3v) is 10.0. The minimum atomic E-state index is -0.910. The van der Waals surface area contributed by atoms with Crippen LogP contribution in [0.1, 0.15) is 82.8 Å². The number of hydrogen-bond acceptors (Lipinski definition) is 8. The number of rotatable bonds is 20. The number of carbonyl (C=O) groups is 6. The molecule has 0 unspecified atom stereocenters. The van der Waals surface area contributed by atoms with E-state index in [1.807, 2.05) is 74.5 Å². The molecule has 8 N–H and O–H groups in total. The number of hydrogen-bond donors (Lipinski definition) is 6. The Morgan fingerprint density at radius 3 is 1.80 bits per heavy atom. The predicted octanol–water partition coefficient (Wildman–Crippen LogP) is 1.91. The Balaban J connectivity index is 1.41. The first kappa shape index (κ1) is 42.1. The minimum Gasteiger partial charge on any atom is -0.345 e. The first-order chi connectivity index (χ1) is 25.9. The largest absolute Gasteiger partial charge is 0.345 e. The lowest BCUT2D eigenvalue weighted by atomic mass is 9.88. The van der Waals surface area contributed by atoms with Crippen LogP contribution in [0.25, 0.3) is 0 Å². The SMILES string of the molecule is CC(C)C[C@@H](CC(=O)[C@@H](Cc1ccccc1)NC(=O)[C@H](N)Cc1ccccc1)C(=O)N[C@H](CCCCN)C(=O)N1CCC(NC(=O)C(=O)NC2CC2)CC1. The van der Waals surface area contributed by atoms with Gasteiger partial charge in [-0.05, 0) is 87.8 Å². The summed E-state index contributed by atoms with van der Waals surface area (Å²) in [5.74, 6) is -3.32. The number of unbranched alkanes of at least 4 members (excludes halogenated alkanes) is 1. The second kappa shape index (κ2) is 21.3. The van der Waals surface area contributed by atoms with Crippen molar-refractivity contribution in [3.63, 3.8) is 0 Å². The van der Waals surface area contributed by atoms with Crippen LogP contribution >= 0.6 is 0 Å². The van der Waals surface area contributed by atoms with Crippen LogP contribution < -0.4 is 32.7 Å². The van der Waals surface area contributed by atoms with E-state index in [1.165, 1.54) is 0 Å². The summed E-state index contributed by atoms with van der Waals surface area (Å²) < 4.78 is 0. The number of nitrogens with two attached hydrogens (primary N) is 2. The number of nitrogens with one attached hydrogen (secondary N) is 4. The van der Waals surface area contributed by atoms with Crippen LogP contribution in [0.2, 0.25) is 0 Å². The Kier molecular flexibility index (Phi) is 16.6. The van der Waals surface area contributed by atoms with Crippen LogP contribution in [-0.2, 0) is 41.6 Å². The summed E-state index contributed by atoms with van der Waals surface area (Å²) in [5.41, 5.74) is 13.8. The molecule has 294 valence electrons. The summed E-state index contributed by atoms with van der Waals surface area (Å²) in [7, 11) is 0. The number of carbonyl (C=O) groups excluding carboxylic acids is 6. The van der Waals surface area contributed by atoms with Gasteiger partial charge in [0.2, 0.25) is 17.7 Å². The van der Waals surface area contributed by atoms with Gasteiger partial charge in [-0.3, -0.25) is 28.8 Å². The quantitative estimate of drug-likeness (QED) is 0.0871. The summed E-state index contributed by atoms with van der Waals surface area (Å²) in [6.07, 6.45) is 5.23. The summed E-state index contributed by atoms with van der Waals surface area (Å²) >= 11 is 0. The van der Waals surface area contributed by atoms with Crippen LogP contribution in [0.5, 0.6) is 0 Å². The molecule has 1 saturated heterocycles. The molecule has 0 radical (unpaired) electrons. The number of Topliss-reactive ketones (excluding diaryl/α,β-unsaturated/α-hetero) is 1. The standard InChI is InChI=1S/C41H59N7O6/c1-27(2)23-30(26-36(49)35(25-29-13-7-4-8-14-29)47-38(51)33(43)24-28-11-5-3-6-12-28)37(50)46-34(15-9-10-20-42)41(54)48-21-18-32(19-22-48)45-40(53)39(52)44-31-16-17-31/h3-8,11-14,27,30-35H,9-10,15-26,42-43H2,1-2H3,(H,44,52)(H,45,53)(H,46,50)(H,47,51)/t30-,33+,34+,35+/m0/s1. The van der Waals surface area contributed by atoms with Crippen molar-refractivity contribution < 1.29 is 28.8 Å². The molecule has 1 heterocycles. The molecule has 54 heavy (non-hydrogen) atoms. The lowest BCUT2D eigenvalue weighted by molar-refractivity contribution is -0.141. The first-order valence-electron chi connectivity index (χ1n) is 19.5. The second-order valence-electron chi connectivity index (χ2n) is 15.2. The monoisotopic (exact) mass is 745 g/mol. The average Bonchev–Trinajstić information content (AvgIpc) is 3.98. The molecular weight excluding hydrogens is 686 g/mol. The van der Waals surface area contributed by atoms with Gasteiger partial charge in [0.15, 0.2) is 5.78 Å². The van der Waals surface area contributed by atoms with Crippen LogP contribution in [0, 0.1) is 11.8 Å². The molecule has 4 rings (SSSR count). The average molecular weight is 746 g/mol. The fourth-order valence-corrected chi connectivity index (χ4v) is 6.81. The van der Waals surface area contributed by atoms with Gasteiger partial charge in [0.25, 0.3) is 0 Å². The van der Waals surface area contributed by atoms with E-state index >= 15 is 0 Å². The van der Waals surface area contributed by atoms with E-state index in [-0.39, 0.29) is 42.5 Å². The maximum absolute atomic E-state index is 14.1. The molecule has 1 saturated carbocycles. The van der Waals surface area contributed by atoms with Gasteiger partial charge < -0.3 is 37.6 Å². The van der Waals surface area contributed by atoms with Crippen molar-refractivity contribution in [3.8, 4) is 0 Å². The highest BCUT2D eigenvalue weighted by Crippen LogP contribution is 2.21. The van der Waals surface area contributed by atoms with Gasteiger partial charge in [-0.2, -0.15) is 0 Å². The van der Waals surface area contributed by atoms with E-state index in [0.717, 1.165) is 24.0 Å². The second-order valence-corrected chi connectivity index (χ2v) is 15.2. The van der Waals surface area contributed by atoms with Crippen molar-refractivity contribution in [2.24, 2.45) is 23.3 Å². The summed E-state index contributed by atoms with van der Waals surface area (Å²) in [6.45, 7) is 5.11. The van der Waals surface area contributed by atoms with E-state index in [1.54, 1.807) is 4.90 Å². The number of likely N-dealkylation sites (tertiary alicyclic amines) is 1. The third-order valence-electron chi connectivity index (χ3n) is 10.0. The zero-order valence-corrected chi connectivity index (χ0v) is 31.8. The third kappa shape index (κ3) is 14.0. The molecule has 0 spiro atoms. The van der Waals surface area contributed by atoms with Crippen molar-refractivity contribution in [3.05, 3.63) is 71.8 Å². The van der Waals surface area contributed by atoms with Crippen LogP contribution in [0.3, 0.4) is 0 Å². The summed E-state index contributed by atoms with van der Waals surface area (Å²) in [6, 6.07) is 16.0. The maximum Gasteiger partial charge on any atom is 0.309 e. The number of amides is 5. The van der Waals surface area contributed by atoms with Gasteiger partial charge in [0.1, 0.15) is 6.04 Å². The van der Waals surface area contributed by atoms with Gasteiger partial charge in [-0.25, -0.2) is 0 Å². The zero-order valence-electron chi connectivity index (χ0n) is 31.8. The van der Waals surface area contributed by atoms with E-state index in [9.17, 15) is 28.8 Å². The van der Waals surface area contributed by atoms with Crippen molar-refractivity contribution in [2.45, 2.75) is 115 Å². The highest BCUT2D eigenvalue weighted by Gasteiger charge is 2.35. The van der Waals surface area contributed by atoms with Crippen LogP contribution in [-0.4, -0.2) is 90.1 Å². The van der Waals surface area contributed by atoms with Gasteiger partial charge in [0, 0.05) is 37.5 Å². The summed E-state index contributed by atoms with van der Waals surface area (Å²) in [4.78, 5) is 81.5. The van der Waals surface area contributed by atoms with E-state index in [2.05, 4.69) is 21.3 Å². The molecule has 4 atom stereocenters. The smallest absolute Gasteiger partial charge is 0.309 e. The zero-order chi connectivity index (χ0) is 39.0. The Morgan fingerprint density at radius 1 is 0.722 bits per heavy atom. The molecule has 1 aliphatic carbocycles. The molecule has 2 aromatic carbocycles. The van der Waals surface area contributed by atoms with Crippen LogP contribution in [0.15, 0.2) is 60.7 Å². The molecule has 1 aliphatic heterocycles. The van der Waals surface area contributed by atoms with Gasteiger partial charge in [-0.1, -0.05) is 74.5 Å². The molecule has 2 aromatic rings. The lowest BCUT2D eigenvalue weighted by Gasteiger charge is -2.35. The first-order valence-corrected chi connectivity index (χ1v) is 19.5. The van der Waals surface area contributed by atoms with Crippen LogP contribution in [0.4, 0.5) is 0 Å². The highest BCUT2D eigenvalue weighted by molar-refractivity contribution is 6.35. The number of ketones is 1. The Labute approximate surface area is 319 Å². The maximum atomic E-state index is 14.1. The molecule has 13 nitrogen and oxygen atoms in total. The molecule has 0 aromatic heterocycles. The molecule has 5 amide bonds. The lowest BCUT2D eigenvalue weighted by Crippen LogP contribution is -2.55. The molecule has 0 bridgehead atoms. The van der Waals surface area contributed by atoms with Crippen molar-refractivity contribution in [1.82, 2.24) is 26.2 Å². The molecule has 13 heteroatoms.